The zero-order valence-corrected chi connectivity index (χ0v) is 10.9. The van der Waals surface area contributed by atoms with Crippen LogP contribution in [-0.2, 0) is 0 Å². The molecule has 0 aliphatic rings. The molecule has 0 saturated heterocycles. The van der Waals surface area contributed by atoms with E-state index in [-0.39, 0.29) is 11.9 Å². The lowest BCUT2D eigenvalue weighted by atomic mass is 10.1. The van der Waals surface area contributed by atoms with Crippen molar-refractivity contribution in [2.24, 2.45) is 5.73 Å². The smallest absolute Gasteiger partial charge is 0.123 e. The van der Waals surface area contributed by atoms with Crippen LogP contribution in [0.25, 0.3) is 0 Å². The summed E-state index contributed by atoms with van der Waals surface area (Å²) in [4.78, 5) is 0. The Balaban J connectivity index is 0. The molecule has 0 bridgehead atoms. The third-order valence-electron chi connectivity index (χ3n) is 1.72. The van der Waals surface area contributed by atoms with Crippen LogP contribution in [-0.4, -0.2) is 6.26 Å². The van der Waals surface area contributed by atoms with Crippen molar-refractivity contribution in [3.8, 4) is 0 Å². The number of thiol groups is 1. The maximum Gasteiger partial charge on any atom is 0.123 e. The topological polar surface area (TPSA) is 26.0 Å². The number of rotatable bonds is 2. The van der Waals surface area contributed by atoms with Crippen LogP contribution < -0.4 is 5.73 Å². The van der Waals surface area contributed by atoms with Crippen molar-refractivity contribution in [2.45, 2.75) is 33.2 Å². The minimum Gasteiger partial charge on any atom is -0.324 e. The lowest BCUT2D eigenvalue weighted by molar-refractivity contribution is 0.616. The van der Waals surface area contributed by atoms with E-state index >= 15 is 0 Å². The molecule has 0 aliphatic carbocycles. The predicted octanol–water partition coefficient (Wildman–Crippen LogP) is 3.81. The van der Waals surface area contributed by atoms with Gasteiger partial charge in [0.15, 0.2) is 0 Å². The SMILES string of the molecule is CC.CCC(N)c1cccc(F)c1.CS. The maximum atomic E-state index is 12.6. The lowest BCUT2D eigenvalue weighted by Crippen LogP contribution is -2.08. The molecule has 0 heterocycles. The van der Waals surface area contributed by atoms with Crippen LogP contribution in [0.2, 0.25) is 0 Å². The largest absolute Gasteiger partial charge is 0.324 e. The monoisotopic (exact) mass is 231 g/mol. The van der Waals surface area contributed by atoms with Gasteiger partial charge >= 0.3 is 0 Å². The molecule has 0 aliphatic heterocycles. The fourth-order valence-corrected chi connectivity index (χ4v) is 0.973. The molecule has 2 N–H and O–H groups in total. The highest BCUT2D eigenvalue weighted by Crippen LogP contribution is 2.13. The highest BCUT2D eigenvalue weighted by atomic mass is 32.1. The van der Waals surface area contributed by atoms with E-state index in [4.69, 9.17) is 5.73 Å². The first-order valence-corrected chi connectivity index (χ1v) is 6.09. The van der Waals surface area contributed by atoms with E-state index in [0.717, 1.165) is 12.0 Å². The highest BCUT2D eigenvalue weighted by Gasteiger charge is 2.02. The first-order chi connectivity index (χ1) is 7.24. The Hall–Kier alpha value is -0.540. The summed E-state index contributed by atoms with van der Waals surface area (Å²) < 4.78 is 12.6. The standard InChI is InChI=1S/C9H12FN.C2H6.CH4S/c1-2-9(11)7-4-3-5-8(10)6-7;2*1-2/h3-6,9H,2,11H2,1H3;1-2H3;2H,1H3. The Kier molecular flexibility index (Phi) is 13.0. The van der Waals surface area contributed by atoms with Gasteiger partial charge < -0.3 is 5.73 Å². The highest BCUT2D eigenvalue weighted by molar-refractivity contribution is 7.79. The molecule has 15 heavy (non-hydrogen) atoms. The Morgan fingerprint density at radius 2 is 1.87 bits per heavy atom. The van der Waals surface area contributed by atoms with Crippen LogP contribution in [0.1, 0.15) is 38.8 Å². The van der Waals surface area contributed by atoms with Crippen molar-refractivity contribution in [1.29, 1.82) is 0 Å². The van der Waals surface area contributed by atoms with Gasteiger partial charge in [-0.15, -0.1) is 0 Å². The zero-order chi connectivity index (χ0) is 12.3. The van der Waals surface area contributed by atoms with Crippen LogP contribution in [0.3, 0.4) is 0 Å². The third kappa shape index (κ3) is 7.40. The summed E-state index contributed by atoms with van der Waals surface area (Å²) in [6.07, 6.45) is 2.53. The Bertz CT molecular complexity index is 241. The number of hydrogen-bond acceptors (Lipinski definition) is 2. The van der Waals surface area contributed by atoms with Gasteiger partial charge in [0.2, 0.25) is 0 Å². The fourth-order valence-electron chi connectivity index (χ4n) is 0.973. The Morgan fingerprint density at radius 3 is 2.27 bits per heavy atom. The first kappa shape index (κ1) is 16.9. The van der Waals surface area contributed by atoms with Crippen molar-refractivity contribution < 1.29 is 4.39 Å². The Morgan fingerprint density at radius 1 is 1.33 bits per heavy atom. The van der Waals surface area contributed by atoms with Gasteiger partial charge in [0, 0.05) is 6.04 Å². The number of hydrogen-bond donors (Lipinski definition) is 2. The predicted molar refractivity (Wildman–Crippen MR) is 69.9 cm³/mol. The molecule has 0 radical (unpaired) electrons. The minimum atomic E-state index is -0.216. The molecule has 0 aromatic heterocycles. The second-order valence-corrected chi connectivity index (χ2v) is 2.57. The van der Waals surface area contributed by atoms with Crippen molar-refractivity contribution >= 4 is 12.6 Å². The number of nitrogens with two attached hydrogens (primary N) is 1. The molecule has 88 valence electrons. The molecule has 1 aromatic rings. The fraction of sp³-hybridized carbons (Fsp3) is 0.500. The van der Waals surface area contributed by atoms with Crippen LogP contribution in [0, 0.1) is 5.82 Å². The molecule has 1 nitrogen and oxygen atoms in total. The van der Waals surface area contributed by atoms with Gasteiger partial charge in [0.1, 0.15) is 5.82 Å². The van der Waals surface area contributed by atoms with Gasteiger partial charge in [-0.3, -0.25) is 0 Å². The third-order valence-corrected chi connectivity index (χ3v) is 1.72. The molecule has 1 aromatic carbocycles. The van der Waals surface area contributed by atoms with Gasteiger partial charge in [-0.25, -0.2) is 4.39 Å². The molecule has 0 fully saturated rings. The second kappa shape index (κ2) is 11.5. The molecule has 1 rings (SSSR count). The van der Waals surface area contributed by atoms with Crippen LogP contribution in [0.5, 0.6) is 0 Å². The molecule has 0 amide bonds. The summed E-state index contributed by atoms with van der Waals surface area (Å²) >= 11 is 3.53. The second-order valence-electron chi connectivity index (χ2n) is 2.57. The molecule has 1 unspecified atom stereocenters. The van der Waals surface area contributed by atoms with Crippen LogP contribution >= 0.6 is 12.6 Å². The average molecular weight is 231 g/mol. The first-order valence-electron chi connectivity index (χ1n) is 5.19. The van der Waals surface area contributed by atoms with Crippen molar-refractivity contribution in [1.82, 2.24) is 0 Å². The summed E-state index contributed by atoms with van der Waals surface area (Å²) in [5.74, 6) is -0.216. The molecular formula is C12H22FNS. The van der Waals surface area contributed by atoms with Gasteiger partial charge in [0.05, 0.1) is 0 Å². The average Bonchev–Trinajstić information content (AvgIpc) is 2.33. The van der Waals surface area contributed by atoms with Crippen molar-refractivity contribution in [3.63, 3.8) is 0 Å². The summed E-state index contributed by atoms with van der Waals surface area (Å²) in [6.45, 7) is 5.98. The molecular weight excluding hydrogens is 209 g/mol. The van der Waals surface area contributed by atoms with Crippen LogP contribution in [0.4, 0.5) is 4.39 Å². The molecule has 0 saturated carbocycles. The summed E-state index contributed by atoms with van der Waals surface area (Å²) in [6, 6.07) is 6.39. The number of halogens is 1. The normalized spacial score (nSPS) is 10.3. The molecule has 1 atom stereocenters. The summed E-state index contributed by atoms with van der Waals surface area (Å²) in [7, 11) is 0. The lowest BCUT2D eigenvalue weighted by Gasteiger charge is -2.07. The van der Waals surface area contributed by atoms with E-state index in [1.807, 2.05) is 26.8 Å². The van der Waals surface area contributed by atoms with Gasteiger partial charge in [-0.1, -0.05) is 32.9 Å². The van der Waals surface area contributed by atoms with Gasteiger partial charge in [0.25, 0.3) is 0 Å². The molecule has 3 heteroatoms. The molecule has 0 spiro atoms. The van der Waals surface area contributed by atoms with E-state index in [1.54, 1.807) is 12.3 Å². The van der Waals surface area contributed by atoms with Gasteiger partial charge in [-0.2, -0.15) is 12.6 Å². The van der Waals surface area contributed by atoms with E-state index in [1.165, 1.54) is 12.1 Å². The number of benzene rings is 1. The van der Waals surface area contributed by atoms with E-state index < -0.39 is 0 Å². The van der Waals surface area contributed by atoms with Gasteiger partial charge in [-0.05, 0) is 30.4 Å². The Labute approximate surface area is 98.3 Å². The van der Waals surface area contributed by atoms with E-state index in [2.05, 4.69) is 12.6 Å². The quantitative estimate of drug-likeness (QED) is 0.744. The minimum absolute atomic E-state index is 0.0364. The summed E-state index contributed by atoms with van der Waals surface area (Å²) in [5, 5.41) is 0. The summed E-state index contributed by atoms with van der Waals surface area (Å²) in [5.41, 5.74) is 6.56. The zero-order valence-electron chi connectivity index (χ0n) is 10.00. The van der Waals surface area contributed by atoms with E-state index in [9.17, 15) is 4.39 Å². The van der Waals surface area contributed by atoms with Crippen LogP contribution in [0.15, 0.2) is 24.3 Å². The van der Waals surface area contributed by atoms with Crippen molar-refractivity contribution in [2.75, 3.05) is 6.26 Å². The maximum absolute atomic E-state index is 12.6. The van der Waals surface area contributed by atoms with E-state index in [0.29, 0.717) is 0 Å². The van der Waals surface area contributed by atoms with Crippen molar-refractivity contribution in [3.05, 3.63) is 35.6 Å².